The van der Waals surface area contributed by atoms with Crippen LogP contribution in [0.4, 0.5) is 0 Å². The fourth-order valence-corrected chi connectivity index (χ4v) is 2.04. The molecule has 20 heavy (non-hydrogen) atoms. The third-order valence-corrected chi connectivity index (χ3v) is 3.18. The van der Waals surface area contributed by atoms with Crippen molar-refractivity contribution in [3.8, 4) is 11.5 Å². The lowest BCUT2D eigenvalue weighted by atomic mass is 10.1. The van der Waals surface area contributed by atoms with Crippen molar-refractivity contribution in [2.24, 2.45) is 0 Å². The fraction of sp³-hybridized carbons (Fsp3) is 0.250. The van der Waals surface area contributed by atoms with Crippen molar-refractivity contribution in [1.82, 2.24) is 5.32 Å². The van der Waals surface area contributed by atoms with E-state index in [0.717, 1.165) is 17.5 Å². The van der Waals surface area contributed by atoms with Gasteiger partial charge in [-0.3, -0.25) is 0 Å². The normalized spacial score (nSPS) is 12.2. The third kappa shape index (κ3) is 3.98. The van der Waals surface area contributed by atoms with Crippen molar-refractivity contribution in [2.75, 3.05) is 6.61 Å². The molecule has 0 fully saturated rings. The van der Waals surface area contributed by atoms with Gasteiger partial charge >= 0.3 is 0 Å². The van der Waals surface area contributed by atoms with Crippen LogP contribution in [0, 0.1) is 0 Å². The van der Waals surface area contributed by atoms with Crippen molar-refractivity contribution in [2.45, 2.75) is 19.0 Å². The zero-order chi connectivity index (χ0) is 14.4. The maximum absolute atomic E-state index is 9.43. The quantitative estimate of drug-likeness (QED) is 0.606. The summed E-state index contributed by atoms with van der Waals surface area (Å²) >= 11 is 0. The molecule has 0 aliphatic carbocycles. The molecule has 0 aliphatic heterocycles. The fourth-order valence-electron chi connectivity index (χ4n) is 2.04. The number of benzene rings is 2. The molecule has 4 heteroatoms. The van der Waals surface area contributed by atoms with E-state index in [-0.39, 0.29) is 24.1 Å². The first kappa shape index (κ1) is 14.4. The average Bonchev–Trinajstić information content (AvgIpc) is 2.48. The van der Waals surface area contributed by atoms with Crippen LogP contribution in [0.1, 0.15) is 11.1 Å². The van der Waals surface area contributed by atoms with Crippen LogP contribution in [-0.4, -0.2) is 28.0 Å². The summed E-state index contributed by atoms with van der Waals surface area (Å²) in [5, 5.41) is 31.3. The number of hydrogen-bond donors (Lipinski definition) is 4. The standard InChI is InChI=1S/C16H19NO3/c18-11-14(8-12-4-2-1-3-5-12)17-10-13-6-7-15(19)16(20)9-13/h1-7,9,14,17-20H,8,10-11H2/t14-/m1/s1. The number of aliphatic hydroxyl groups is 1. The summed E-state index contributed by atoms with van der Waals surface area (Å²) in [6, 6.07) is 14.6. The molecule has 106 valence electrons. The Kier molecular flexibility index (Phi) is 4.98. The molecular formula is C16H19NO3. The van der Waals surface area contributed by atoms with Gasteiger partial charge in [0, 0.05) is 12.6 Å². The molecule has 4 nitrogen and oxygen atoms in total. The molecule has 0 amide bonds. The van der Waals surface area contributed by atoms with Crippen molar-refractivity contribution < 1.29 is 15.3 Å². The van der Waals surface area contributed by atoms with Gasteiger partial charge in [0.2, 0.25) is 0 Å². The Hall–Kier alpha value is -2.04. The van der Waals surface area contributed by atoms with Gasteiger partial charge in [-0.2, -0.15) is 0 Å². The molecule has 0 radical (unpaired) electrons. The Labute approximate surface area is 118 Å². The summed E-state index contributed by atoms with van der Waals surface area (Å²) < 4.78 is 0. The van der Waals surface area contributed by atoms with Crippen molar-refractivity contribution in [3.63, 3.8) is 0 Å². The molecule has 0 heterocycles. The van der Waals surface area contributed by atoms with Crippen LogP contribution in [0.3, 0.4) is 0 Å². The molecule has 2 aromatic carbocycles. The van der Waals surface area contributed by atoms with E-state index in [0.29, 0.717) is 6.54 Å². The summed E-state index contributed by atoms with van der Waals surface area (Å²) in [5.41, 5.74) is 2.01. The SMILES string of the molecule is OC[C@@H](Cc1ccccc1)NCc1ccc(O)c(O)c1. The minimum Gasteiger partial charge on any atom is -0.504 e. The second-order valence-corrected chi connectivity index (χ2v) is 4.77. The molecule has 0 unspecified atom stereocenters. The lowest BCUT2D eigenvalue weighted by Gasteiger charge is -2.16. The number of nitrogens with one attached hydrogen (secondary N) is 1. The van der Waals surface area contributed by atoms with E-state index in [9.17, 15) is 15.3 Å². The number of aromatic hydroxyl groups is 2. The van der Waals surface area contributed by atoms with Crippen LogP contribution in [0.5, 0.6) is 11.5 Å². The van der Waals surface area contributed by atoms with Gasteiger partial charge in [0.15, 0.2) is 11.5 Å². The van der Waals surface area contributed by atoms with E-state index >= 15 is 0 Å². The molecule has 0 saturated carbocycles. The lowest BCUT2D eigenvalue weighted by molar-refractivity contribution is 0.240. The van der Waals surface area contributed by atoms with Crippen molar-refractivity contribution in [3.05, 3.63) is 59.7 Å². The first-order chi connectivity index (χ1) is 9.69. The largest absolute Gasteiger partial charge is 0.504 e. The van der Waals surface area contributed by atoms with Crippen LogP contribution in [-0.2, 0) is 13.0 Å². The first-order valence-electron chi connectivity index (χ1n) is 6.58. The van der Waals surface area contributed by atoms with E-state index in [1.165, 1.54) is 12.1 Å². The van der Waals surface area contributed by atoms with Gasteiger partial charge < -0.3 is 20.6 Å². The van der Waals surface area contributed by atoms with Crippen molar-refractivity contribution >= 4 is 0 Å². The second kappa shape index (κ2) is 6.93. The summed E-state index contributed by atoms with van der Waals surface area (Å²) in [6.45, 7) is 0.560. The minimum atomic E-state index is -0.132. The first-order valence-corrected chi connectivity index (χ1v) is 6.58. The number of aliphatic hydroxyl groups excluding tert-OH is 1. The highest BCUT2D eigenvalue weighted by atomic mass is 16.3. The van der Waals surface area contributed by atoms with E-state index < -0.39 is 0 Å². The summed E-state index contributed by atoms with van der Waals surface area (Å²) in [7, 11) is 0. The number of phenolic OH excluding ortho intramolecular Hbond substituents is 2. The molecule has 4 N–H and O–H groups in total. The summed E-state index contributed by atoms with van der Waals surface area (Å²) in [4.78, 5) is 0. The van der Waals surface area contributed by atoms with Crippen LogP contribution in [0.15, 0.2) is 48.5 Å². The molecule has 0 spiro atoms. The maximum atomic E-state index is 9.43. The molecule has 0 aliphatic rings. The molecule has 2 rings (SSSR count). The molecule has 0 aromatic heterocycles. The average molecular weight is 273 g/mol. The molecule has 0 bridgehead atoms. The van der Waals surface area contributed by atoms with E-state index in [1.54, 1.807) is 6.07 Å². The number of hydrogen-bond acceptors (Lipinski definition) is 4. The predicted octanol–water partition coefficient (Wildman–Crippen LogP) is 1.79. The van der Waals surface area contributed by atoms with Crippen LogP contribution in [0.2, 0.25) is 0 Å². The zero-order valence-electron chi connectivity index (χ0n) is 11.2. The molecular weight excluding hydrogens is 254 g/mol. The third-order valence-electron chi connectivity index (χ3n) is 3.18. The Morgan fingerprint density at radius 1 is 0.900 bits per heavy atom. The highest BCUT2D eigenvalue weighted by molar-refractivity contribution is 5.40. The van der Waals surface area contributed by atoms with Crippen LogP contribution >= 0.6 is 0 Å². The Morgan fingerprint density at radius 3 is 2.30 bits per heavy atom. The van der Waals surface area contributed by atoms with E-state index in [1.807, 2.05) is 30.3 Å². The number of rotatable bonds is 6. The van der Waals surface area contributed by atoms with Crippen molar-refractivity contribution in [1.29, 1.82) is 0 Å². The topological polar surface area (TPSA) is 72.7 Å². The summed E-state index contributed by atoms with van der Waals surface area (Å²) in [5.74, 6) is -0.260. The van der Waals surface area contributed by atoms with Gasteiger partial charge in [-0.15, -0.1) is 0 Å². The molecule has 1 atom stereocenters. The Balaban J connectivity index is 1.92. The summed E-state index contributed by atoms with van der Waals surface area (Å²) in [6.07, 6.45) is 0.738. The van der Waals surface area contributed by atoms with Gasteiger partial charge in [-0.1, -0.05) is 36.4 Å². The van der Waals surface area contributed by atoms with Gasteiger partial charge in [-0.25, -0.2) is 0 Å². The minimum absolute atomic E-state index is 0.0406. The smallest absolute Gasteiger partial charge is 0.157 e. The Bertz CT molecular complexity index is 543. The monoisotopic (exact) mass is 273 g/mol. The lowest BCUT2D eigenvalue weighted by Crippen LogP contribution is -2.34. The number of phenols is 2. The highest BCUT2D eigenvalue weighted by Crippen LogP contribution is 2.24. The Morgan fingerprint density at radius 2 is 1.65 bits per heavy atom. The van der Waals surface area contributed by atoms with Gasteiger partial charge in [0.05, 0.1) is 6.61 Å². The van der Waals surface area contributed by atoms with Gasteiger partial charge in [0.1, 0.15) is 0 Å². The zero-order valence-corrected chi connectivity index (χ0v) is 11.2. The van der Waals surface area contributed by atoms with Crippen LogP contribution in [0.25, 0.3) is 0 Å². The van der Waals surface area contributed by atoms with Gasteiger partial charge in [-0.05, 0) is 29.7 Å². The van der Waals surface area contributed by atoms with E-state index in [2.05, 4.69) is 5.32 Å². The predicted molar refractivity (Wildman–Crippen MR) is 77.6 cm³/mol. The molecule has 2 aromatic rings. The molecule has 0 saturated heterocycles. The maximum Gasteiger partial charge on any atom is 0.157 e. The highest BCUT2D eigenvalue weighted by Gasteiger charge is 2.08. The van der Waals surface area contributed by atoms with E-state index in [4.69, 9.17) is 0 Å². The van der Waals surface area contributed by atoms with Crippen LogP contribution < -0.4 is 5.32 Å². The second-order valence-electron chi connectivity index (χ2n) is 4.77. The van der Waals surface area contributed by atoms with Gasteiger partial charge in [0.25, 0.3) is 0 Å².